The van der Waals surface area contributed by atoms with Crippen molar-refractivity contribution in [3.63, 3.8) is 0 Å². The summed E-state index contributed by atoms with van der Waals surface area (Å²) in [6.45, 7) is 9.01. The Kier molecular flexibility index (Phi) is 27.2. The fraction of sp³-hybridized carbons (Fsp3) is 0.625. The van der Waals surface area contributed by atoms with Crippen molar-refractivity contribution in [2.45, 2.75) is 200 Å². The van der Waals surface area contributed by atoms with Crippen LogP contribution >= 0.6 is 0 Å². The van der Waals surface area contributed by atoms with E-state index in [0.717, 1.165) is 101 Å². The topological polar surface area (TPSA) is 428 Å². The molecule has 0 N–H and O–H groups in total. The molecule has 0 radical (unpaired) electrons. The smallest absolute Gasteiger partial charge is 0.303 e. The number of rotatable bonds is 27. The monoisotopic (exact) mass is 1300 g/mol. The predicted octanol–water partition coefficient (Wildman–Crippen LogP) is -0.0922. The molecule has 0 saturated carbocycles. The summed E-state index contributed by atoms with van der Waals surface area (Å²) in [4.78, 5) is 169. The Morgan fingerprint density at radius 1 is 0.407 bits per heavy atom. The number of nitrogens with zero attached hydrogens (tertiary/aromatic N) is 3. The molecule has 1 aromatic heterocycles. The van der Waals surface area contributed by atoms with Gasteiger partial charge in [0.1, 0.15) is 68.7 Å². The maximum atomic E-state index is 13.4. The van der Waals surface area contributed by atoms with Crippen LogP contribution in [0.2, 0.25) is 0 Å². The number of esters is 13. The minimum atomic E-state index is -2.23. The van der Waals surface area contributed by atoms with Gasteiger partial charge in [-0.05, 0) is 12.1 Å². The van der Waals surface area contributed by atoms with Gasteiger partial charge in [-0.15, -0.1) is 5.10 Å². The zero-order chi connectivity index (χ0) is 67.6. The number of para-hydroxylation sites is 1. The lowest BCUT2D eigenvalue weighted by atomic mass is 9.95. The summed E-state index contributed by atoms with van der Waals surface area (Å²) < 4.78 is 111. The van der Waals surface area contributed by atoms with E-state index in [4.69, 9.17) is 90.0 Å². The van der Waals surface area contributed by atoms with E-state index in [-0.39, 0.29) is 5.69 Å². The number of carbonyl (C=O) groups excluding carboxylic acids is 13. The van der Waals surface area contributed by atoms with Gasteiger partial charge in [0.25, 0.3) is 0 Å². The van der Waals surface area contributed by atoms with Gasteiger partial charge in [0.05, 0.1) is 11.9 Å². The van der Waals surface area contributed by atoms with Crippen LogP contribution in [0.3, 0.4) is 0 Å². The summed E-state index contributed by atoms with van der Waals surface area (Å²) in [5, 5.41) is 8.76. The highest BCUT2D eigenvalue weighted by atomic mass is 16.8. The van der Waals surface area contributed by atoms with Crippen molar-refractivity contribution >= 4 is 77.6 Å². The fourth-order valence-corrected chi connectivity index (χ4v) is 9.55. The summed E-state index contributed by atoms with van der Waals surface area (Å²) in [7, 11) is 0. The average Bonchev–Trinajstić information content (AvgIpc) is 0.969. The first kappa shape index (κ1) is 73.0. The maximum Gasteiger partial charge on any atom is 0.303 e. The van der Waals surface area contributed by atoms with Gasteiger partial charge in [0.2, 0.25) is 0 Å². The molecule has 5 rings (SSSR count). The van der Waals surface area contributed by atoms with Gasteiger partial charge >= 0.3 is 77.6 Å². The van der Waals surface area contributed by atoms with E-state index >= 15 is 0 Å². The van der Waals surface area contributed by atoms with Crippen molar-refractivity contribution < 1.29 is 152 Å². The number of ether oxygens (including phenoxy) is 19. The maximum absolute atomic E-state index is 13.4. The molecule has 0 bridgehead atoms. The van der Waals surface area contributed by atoms with Gasteiger partial charge in [-0.3, -0.25) is 62.3 Å². The lowest BCUT2D eigenvalue weighted by Gasteiger charge is -2.50. The number of hydrogen-bond acceptors (Lipinski definition) is 34. The molecule has 4 heterocycles. The second kappa shape index (κ2) is 33.9. The third-order valence-electron chi connectivity index (χ3n) is 12.6. The van der Waals surface area contributed by atoms with E-state index in [1.165, 1.54) is 0 Å². The van der Waals surface area contributed by atoms with Crippen molar-refractivity contribution in [1.29, 1.82) is 0 Å². The molecule has 502 valence electrons. The van der Waals surface area contributed by atoms with Crippen molar-refractivity contribution in [2.24, 2.45) is 0 Å². The largest absolute Gasteiger partial charge is 0.463 e. The van der Waals surface area contributed by atoms with Crippen LogP contribution in [0, 0.1) is 0 Å². The third-order valence-corrected chi connectivity index (χ3v) is 12.6. The minimum Gasteiger partial charge on any atom is -0.463 e. The number of carbonyl (C=O) groups is 13. The van der Waals surface area contributed by atoms with Crippen LogP contribution < -0.4 is 0 Å². The zero-order valence-electron chi connectivity index (χ0n) is 51.6. The van der Waals surface area contributed by atoms with Gasteiger partial charge < -0.3 is 90.0 Å². The summed E-state index contributed by atoms with van der Waals surface area (Å²) >= 11 is 0. The Labute approximate surface area is 518 Å². The van der Waals surface area contributed by atoms with Crippen molar-refractivity contribution in [3.05, 3.63) is 42.2 Å². The van der Waals surface area contributed by atoms with E-state index in [2.05, 4.69) is 10.2 Å². The number of benzene rings is 1. The number of aromatic nitrogens is 3. The molecule has 18 atom stereocenters. The fourth-order valence-electron chi connectivity index (χ4n) is 9.55. The van der Waals surface area contributed by atoms with E-state index < -0.39 is 214 Å². The second-order valence-electron chi connectivity index (χ2n) is 20.2. The molecule has 35 nitrogen and oxygen atoms in total. The van der Waals surface area contributed by atoms with Crippen molar-refractivity contribution in [1.82, 2.24) is 15.0 Å². The Hall–Kier alpha value is -8.77. The molecular weight excluding hydrogens is 1230 g/mol. The van der Waals surface area contributed by atoms with Crippen LogP contribution in [0.5, 0.6) is 0 Å². The summed E-state index contributed by atoms with van der Waals surface area (Å²) in [6, 6.07) is 8.30. The standard InChI is InChI=1S/C56H71N3O32/c1-24(60)73-20-39(77-28(5)64)44(43(78-29(6)65)38-19-57-59(58-38)37-17-15-14-16-18-37)89-54-52(84-35(12)71)49(81-32(9)68)46(41(87-54)22-75-26(3)62)91-56-53(85-36(13)72)50(82-33(10)69)47(42(88-56)23-76-27(4)63)90-55-51(83-34(11)70)48(80-31(8)67)45(79-30(7)66)40(86-55)21-74-25(2)61/h14-19,39-56H,20-23H2,1-13H3/t39?,40-,41-,42-,43?,44?,45-,46-,47-,48+,49+,50+,51-,52-,53-,54+,55+,56+/m1/s1. The first-order valence-electron chi connectivity index (χ1n) is 27.8. The van der Waals surface area contributed by atoms with Crippen LogP contribution in [-0.2, 0) is 152 Å². The highest BCUT2D eigenvalue weighted by Gasteiger charge is 2.61. The summed E-state index contributed by atoms with van der Waals surface area (Å²) in [5.41, 5.74) is 0.199. The Morgan fingerprint density at radius 2 is 0.758 bits per heavy atom. The van der Waals surface area contributed by atoms with Crippen molar-refractivity contribution in [2.75, 3.05) is 26.4 Å². The van der Waals surface area contributed by atoms with Crippen molar-refractivity contribution in [3.8, 4) is 5.69 Å². The van der Waals surface area contributed by atoms with E-state index in [1.54, 1.807) is 30.3 Å². The predicted molar refractivity (Wildman–Crippen MR) is 287 cm³/mol. The summed E-state index contributed by atoms with van der Waals surface area (Å²) in [5.74, 6) is -13.4. The van der Waals surface area contributed by atoms with Crippen LogP contribution in [0.25, 0.3) is 5.69 Å². The quantitative estimate of drug-likeness (QED) is 0.0833. The highest BCUT2D eigenvalue weighted by molar-refractivity contribution is 5.71. The molecule has 3 fully saturated rings. The molecule has 91 heavy (non-hydrogen) atoms. The molecule has 35 heteroatoms. The third kappa shape index (κ3) is 22.0. The molecule has 3 aliphatic rings. The zero-order valence-corrected chi connectivity index (χ0v) is 51.6. The SMILES string of the molecule is CC(=O)OCC(OC(C)=O)C(O[C@@H]1O[C@H](COC(C)=O)[C@@H](O[C@@H]2O[C@H](COC(C)=O)[C@@H](O[C@@H]3O[C@H](COC(C)=O)[C@@H](OC(C)=O)[C@H](OC(C)=O)[C@H]3OC(C)=O)[C@H](OC(C)=O)[C@H]2OC(C)=O)[C@H](OC(C)=O)[C@H]1OC(C)=O)C(OC(C)=O)c1cnn(-c2ccccc2)n1. The lowest BCUT2D eigenvalue weighted by Crippen LogP contribution is -2.69. The Morgan fingerprint density at radius 3 is 1.14 bits per heavy atom. The van der Waals surface area contributed by atoms with Gasteiger partial charge in [0.15, 0.2) is 73.8 Å². The van der Waals surface area contributed by atoms with E-state index in [9.17, 15) is 62.3 Å². The first-order chi connectivity index (χ1) is 42.8. The van der Waals surface area contributed by atoms with Crippen LogP contribution in [-0.4, -0.2) is 223 Å². The van der Waals surface area contributed by atoms with E-state index in [0.29, 0.717) is 5.69 Å². The molecule has 0 aliphatic carbocycles. The molecule has 3 aliphatic heterocycles. The number of hydrogen-bond donors (Lipinski definition) is 0. The molecule has 2 aromatic rings. The molecule has 3 saturated heterocycles. The Balaban J connectivity index is 1.73. The van der Waals surface area contributed by atoms with E-state index in [1.807, 2.05) is 0 Å². The van der Waals surface area contributed by atoms with Gasteiger partial charge in [0, 0.05) is 90.0 Å². The van der Waals surface area contributed by atoms with Crippen LogP contribution in [0.15, 0.2) is 36.5 Å². The minimum absolute atomic E-state index is 0.203. The normalized spacial score (nSPS) is 27.0. The van der Waals surface area contributed by atoms with Crippen LogP contribution in [0.1, 0.15) is 102 Å². The second-order valence-corrected chi connectivity index (χ2v) is 20.2. The van der Waals surface area contributed by atoms with Gasteiger partial charge in [-0.1, -0.05) is 18.2 Å². The van der Waals surface area contributed by atoms with Gasteiger partial charge in [-0.25, -0.2) is 0 Å². The average molecular weight is 1300 g/mol. The first-order valence-corrected chi connectivity index (χ1v) is 27.8. The molecule has 1 aromatic carbocycles. The van der Waals surface area contributed by atoms with Gasteiger partial charge in [-0.2, -0.15) is 9.90 Å². The molecule has 0 amide bonds. The Bertz CT molecular complexity index is 2940. The van der Waals surface area contributed by atoms with Crippen LogP contribution in [0.4, 0.5) is 0 Å². The molecular formula is C56H71N3O32. The molecule has 3 unspecified atom stereocenters. The lowest BCUT2D eigenvalue weighted by molar-refractivity contribution is -0.383. The summed E-state index contributed by atoms with van der Waals surface area (Å²) in [6.07, 6.45) is -34.3. The highest BCUT2D eigenvalue weighted by Crippen LogP contribution is 2.40. The molecule has 0 spiro atoms.